The fourth-order valence-electron chi connectivity index (χ4n) is 3.21. The molecule has 172 valence electrons. The van der Waals surface area contributed by atoms with Crippen LogP contribution in [0.15, 0.2) is 35.2 Å². The normalized spacial score (nSPS) is 13.8. The van der Waals surface area contributed by atoms with Crippen molar-refractivity contribution in [1.29, 1.82) is 0 Å². The van der Waals surface area contributed by atoms with Crippen LogP contribution < -0.4 is 29.6 Å². The van der Waals surface area contributed by atoms with Crippen LogP contribution in [0.3, 0.4) is 0 Å². The Labute approximate surface area is 185 Å². The van der Waals surface area contributed by atoms with E-state index in [9.17, 15) is 18.0 Å². The zero-order valence-electron chi connectivity index (χ0n) is 18.1. The molecule has 2 aromatic carbocycles. The van der Waals surface area contributed by atoms with E-state index in [1.54, 1.807) is 12.1 Å². The van der Waals surface area contributed by atoms with Crippen LogP contribution in [0.5, 0.6) is 23.0 Å². The Morgan fingerprint density at radius 3 is 2.38 bits per heavy atom. The lowest BCUT2D eigenvalue weighted by Gasteiger charge is -2.20. The number of hydrogen-bond donors (Lipinski definition) is 2. The largest absolute Gasteiger partial charge is 0.493 e. The molecule has 1 atom stereocenters. The first-order valence-electron chi connectivity index (χ1n) is 9.60. The van der Waals surface area contributed by atoms with E-state index in [1.807, 2.05) is 0 Å². The minimum absolute atomic E-state index is 0.0184. The Morgan fingerprint density at radius 2 is 1.78 bits per heavy atom. The predicted octanol–water partition coefficient (Wildman–Crippen LogP) is 2.23. The number of nitrogens with one attached hydrogen (secondary N) is 2. The number of carbonyl (C=O) groups excluding carboxylic acids is 2. The summed E-state index contributed by atoms with van der Waals surface area (Å²) in [6.45, 7) is 1.31. The molecule has 10 nitrogen and oxygen atoms in total. The van der Waals surface area contributed by atoms with Gasteiger partial charge in [-0.05, 0) is 25.1 Å². The van der Waals surface area contributed by atoms with Gasteiger partial charge in [-0.3, -0.25) is 9.59 Å². The topological polar surface area (TPSA) is 129 Å². The Bertz CT molecular complexity index is 1120. The van der Waals surface area contributed by atoms with Crippen LogP contribution in [0.1, 0.15) is 13.3 Å². The average Bonchev–Trinajstić information content (AvgIpc) is 2.77. The van der Waals surface area contributed by atoms with Gasteiger partial charge < -0.3 is 29.6 Å². The van der Waals surface area contributed by atoms with E-state index >= 15 is 0 Å². The van der Waals surface area contributed by atoms with E-state index in [1.165, 1.54) is 46.5 Å². The number of benzene rings is 2. The Morgan fingerprint density at radius 1 is 1.12 bits per heavy atom. The monoisotopic (exact) mass is 464 g/mol. The van der Waals surface area contributed by atoms with Crippen LogP contribution in [0, 0.1) is 0 Å². The second-order valence-electron chi connectivity index (χ2n) is 7.02. The molecule has 0 radical (unpaired) electrons. The number of ether oxygens (including phenoxy) is 4. The van der Waals surface area contributed by atoms with Gasteiger partial charge in [-0.25, -0.2) is 8.42 Å². The third kappa shape index (κ3) is 4.72. The number of sulfone groups is 1. The summed E-state index contributed by atoms with van der Waals surface area (Å²) in [5.41, 5.74) is 0.638. The van der Waals surface area contributed by atoms with E-state index < -0.39 is 21.0 Å². The summed E-state index contributed by atoms with van der Waals surface area (Å²) in [6, 6.07) is 7.29. The highest BCUT2D eigenvalue weighted by molar-refractivity contribution is 7.92. The molecule has 0 aliphatic carbocycles. The Kier molecular flexibility index (Phi) is 6.78. The molecule has 32 heavy (non-hydrogen) atoms. The minimum atomic E-state index is -3.85. The van der Waals surface area contributed by atoms with E-state index in [0.29, 0.717) is 28.7 Å². The van der Waals surface area contributed by atoms with Crippen molar-refractivity contribution < 1.29 is 37.0 Å². The Hall–Kier alpha value is -3.47. The van der Waals surface area contributed by atoms with Crippen LogP contribution in [0.25, 0.3) is 0 Å². The predicted molar refractivity (Wildman–Crippen MR) is 117 cm³/mol. The smallest absolute Gasteiger partial charge is 0.262 e. The first kappa shape index (κ1) is 23.2. The van der Waals surface area contributed by atoms with Crippen molar-refractivity contribution in [3.63, 3.8) is 0 Å². The van der Waals surface area contributed by atoms with Gasteiger partial charge in [0.15, 0.2) is 27.9 Å². The summed E-state index contributed by atoms with van der Waals surface area (Å²) in [7, 11) is 0.507. The van der Waals surface area contributed by atoms with Crippen LogP contribution in [-0.4, -0.2) is 53.4 Å². The zero-order valence-corrected chi connectivity index (χ0v) is 18.9. The number of rotatable bonds is 8. The summed E-state index contributed by atoms with van der Waals surface area (Å²) >= 11 is 0. The molecular formula is C21H24N2O8S. The van der Waals surface area contributed by atoms with Crippen LogP contribution >= 0.6 is 0 Å². The number of methoxy groups -OCH3 is 3. The molecule has 11 heteroatoms. The molecule has 0 aromatic heterocycles. The number of carbonyl (C=O) groups is 2. The molecule has 2 amide bonds. The average molecular weight is 464 g/mol. The van der Waals surface area contributed by atoms with Crippen LogP contribution in [-0.2, 0) is 19.4 Å². The number of fused-ring (bicyclic) bond motifs is 1. The first-order chi connectivity index (χ1) is 15.2. The lowest BCUT2D eigenvalue weighted by Crippen LogP contribution is -2.27. The quantitative estimate of drug-likeness (QED) is 0.609. The maximum atomic E-state index is 13.0. The van der Waals surface area contributed by atoms with Crippen molar-refractivity contribution in [1.82, 2.24) is 0 Å². The Balaban J connectivity index is 1.75. The van der Waals surface area contributed by atoms with Crippen molar-refractivity contribution >= 4 is 33.0 Å². The molecule has 1 aliphatic rings. The molecule has 0 saturated carbocycles. The maximum absolute atomic E-state index is 13.0. The van der Waals surface area contributed by atoms with Crippen molar-refractivity contribution in [3.05, 3.63) is 30.3 Å². The molecule has 0 bridgehead atoms. The summed E-state index contributed by atoms with van der Waals surface area (Å²) in [5, 5.41) is 4.21. The molecule has 0 unspecified atom stereocenters. The third-order valence-corrected chi connectivity index (χ3v) is 7.00. The van der Waals surface area contributed by atoms with Crippen molar-refractivity contribution in [2.45, 2.75) is 23.5 Å². The van der Waals surface area contributed by atoms with Crippen molar-refractivity contribution in [2.24, 2.45) is 0 Å². The molecule has 2 N–H and O–H groups in total. The molecule has 0 saturated heterocycles. The van der Waals surface area contributed by atoms with Gasteiger partial charge in [0, 0.05) is 24.2 Å². The van der Waals surface area contributed by atoms with Gasteiger partial charge >= 0.3 is 0 Å². The number of anilines is 2. The SMILES string of the molecule is COc1cc(NC(=O)C[C@@H](C)S(=O)(=O)c2ccc3c(c2)NC(=O)CO3)cc(OC)c1OC. The molecular weight excluding hydrogens is 440 g/mol. The van der Waals surface area contributed by atoms with Gasteiger partial charge in [-0.15, -0.1) is 0 Å². The summed E-state index contributed by atoms with van der Waals surface area (Å²) in [4.78, 5) is 24.1. The van der Waals surface area contributed by atoms with Gasteiger partial charge in [-0.2, -0.15) is 0 Å². The zero-order chi connectivity index (χ0) is 23.5. The second-order valence-corrected chi connectivity index (χ2v) is 9.38. The van der Waals surface area contributed by atoms with Gasteiger partial charge in [0.1, 0.15) is 5.75 Å². The molecule has 0 spiro atoms. The molecule has 1 aliphatic heterocycles. The van der Waals surface area contributed by atoms with Gasteiger partial charge in [0.25, 0.3) is 5.91 Å². The number of amides is 2. The van der Waals surface area contributed by atoms with Crippen LogP contribution in [0.2, 0.25) is 0 Å². The highest BCUT2D eigenvalue weighted by atomic mass is 32.2. The van der Waals surface area contributed by atoms with Crippen molar-refractivity contribution in [2.75, 3.05) is 38.6 Å². The summed E-state index contributed by atoms with van der Waals surface area (Å²) in [6.07, 6.45) is -0.293. The maximum Gasteiger partial charge on any atom is 0.262 e. The fraction of sp³-hybridized carbons (Fsp3) is 0.333. The molecule has 2 aromatic rings. The van der Waals surface area contributed by atoms with Crippen LogP contribution in [0.4, 0.5) is 11.4 Å². The standard InChI is InChI=1S/C21H24N2O8S/c1-12(32(26,27)14-5-6-16-15(10-14)23-20(25)11-31-16)7-19(24)22-13-8-17(28-2)21(30-4)18(9-13)29-3/h5-6,8-10,12H,7,11H2,1-4H3,(H,22,24)(H,23,25)/t12-/m1/s1. The lowest BCUT2D eigenvalue weighted by atomic mass is 10.2. The highest BCUT2D eigenvalue weighted by Gasteiger charge is 2.28. The summed E-state index contributed by atoms with van der Waals surface area (Å²) in [5.74, 6) is 0.570. The van der Waals surface area contributed by atoms with E-state index in [-0.39, 0.29) is 29.5 Å². The lowest BCUT2D eigenvalue weighted by molar-refractivity contribution is -0.118. The van der Waals surface area contributed by atoms with Gasteiger partial charge in [-0.1, -0.05) is 0 Å². The molecule has 1 heterocycles. The second kappa shape index (κ2) is 9.35. The van der Waals surface area contributed by atoms with E-state index in [0.717, 1.165) is 0 Å². The summed E-state index contributed by atoms with van der Waals surface area (Å²) < 4.78 is 47.0. The highest BCUT2D eigenvalue weighted by Crippen LogP contribution is 2.40. The van der Waals surface area contributed by atoms with Gasteiger partial charge in [0.05, 0.1) is 37.2 Å². The van der Waals surface area contributed by atoms with E-state index in [4.69, 9.17) is 18.9 Å². The van der Waals surface area contributed by atoms with Crippen molar-refractivity contribution in [3.8, 4) is 23.0 Å². The number of hydrogen-bond acceptors (Lipinski definition) is 8. The minimum Gasteiger partial charge on any atom is -0.493 e. The third-order valence-electron chi connectivity index (χ3n) is 4.86. The molecule has 0 fully saturated rings. The molecule has 3 rings (SSSR count). The van der Waals surface area contributed by atoms with Gasteiger partial charge in [0.2, 0.25) is 11.7 Å². The first-order valence-corrected chi connectivity index (χ1v) is 11.1. The fourth-order valence-corrected chi connectivity index (χ4v) is 4.58. The van der Waals surface area contributed by atoms with E-state index in [2.05, 4.69) is 10.6 Å².